The molecule has 0 aromatic heterocycles. The molecule has 1 aromatic carbocycles. The lowest BCUT2D eigenvalue weighted by atomic mass is 10.0. The summed E-state index contributed by atoms with van der Waals surface area (Å²) < 4.78 is 45.0. The third-order valence-electron chi connectivity index (χ3n) is 3.35. The van der Waals surface area contributed by atoms with E-state index < -0.39 is 12.2 Å². The first-order valence-electron chi connectivity index (χ1n) is 6.32. The summed E-state index contributed by atoms with van der Waals surface area (Å²) in [7, 11) is 1.31. The molecule has 0 radical (unpaired) electrons. The lowest BCUT2D eigenvalue weighted by Crippen LogP contribution is -2.49. The van der Waals surface area contributed by atoms with Gasteiger partial charge in [0.1, 0.15) is 6.04 Å². The minimum atomic E-state index is -4.38. The first-order valence-corrected chi connectivity index (χ1v) is 6.32. The summed E-state index contributed by atoms with van der Waals surface area (Å²) in [5.74, 6) is -0.121. The van der Waals surface area contributed by atoms with E-state index in [0.717, 1.165) is 0 Å². The monoisotopic (exact) mass is 290 g/mol. The van der Waals surface area contributed by atoms with Gasteiger partial charge in [0.2, 0.25) is 0 Å². The van der Waals surface area contributed by atoms with Crippen molar-refractivity contribution in [3.05, 3.63) is 23.8 Å². The second-order valence-electron chi connectivity index (χ2n) is 4.66. The molecule has 1 heterocycles. The molecule has 1 aromatic rings. The number of halogens is 3. The molecule has 1 saturated heterocycles. The highest BCUT2D eigenvalue weighted by Crippen LogP contribution is 2.40. The Morgan fingerprint density at radius 2 is 1.95 bits per heavy atom. The zero-order chi connectivity index (χ0) is 14.8. The van der Waals surface area contributed by atoms with Crippen molar-refractivity contribution >= 4 is 0 Å². The van der Waals surface area contributed by atoms with Gasteiger partial charge >= 0.3 is 6.18 Å². The average Bonchev–Trinajstić information content (AvgIpc) is 2.40. The highest BCUT2D eigenvalue weighted by molar-refractivity contribution is 5.43. The van der Waals surface area contributed by atoms with Crippen molar-refractivity contribution in [2.45, 2.75) is 12.2 Å². The molecule has 0 unspecified atom stereocenters. The van der Waals surface area contributed by atoms with Crippen LogP contribution in [0.5, 0.6) is 11.5 Å². The summed E-state index contributed by atoms with van der Waals surface area (Å²) in [6, 6.07) is 2.09. The SMILES string of the molecule is COc1cc([C@@H](N2CCNCC2)C(F)(F)F)ccc1O. The van der Waals surface area contributed by atoms with Crippen LogP contribution in [0.3, 0.4) is 0 Å². The molecule has 0 bridgehead atoms. The number of nitrogens with zero attached hydrogens (tertiary/aromatic N) is 1. The summed E-state index contributed by atoms with van der Waals surface area (Å²) in [5, 5.41) is 12.5. The van der Waals surface area contributed by atoms with Crippen molar-refractivity contribution in [2.24, 2.45) is 0 Å². The van der Waals surface area contributed by atoms with E-state index in [9.17, 15) is 18.3 Å². The predicted molar refractivity (Wildman–Crippen MR) is 67.9 cm³/mol. The van der Waals surface area contributed by atoms with Crippen LogP contribution in [-0.2, 0) is 0 Å². The van der Waals surface area contributed by atoms with Crippen molar-refractivity contribution < 1.29 is 23.0 Å². The van der Waals surface area contributed by atoms with Crippen LogP contribution in [0.4, 0.5) is 13.2 Å². The molecule has 7 heteroatoms. The molecule has 0 aliphatic carbocycles. The van der Waals surface area contributed by atoms with Crippen LogP contribution in [-0.4, -0.2) is 49.5 Å². The van der Waals surface area contributed by atoms with Crippen LogP contribution in [0.2, 0.25) is 0 Å². The number of benzene rings is 1. The Labute approximate surface area is 115 Å². The largest absolute Gasteiger partial charge is 0.504 e. The Kier molecular flexibility index (Phi) is 4.39. The number of alkyl halides is 3. The number of phenolic OH excluding ortho intramolecular Hbond substituents is 1. The Morgan fingerprint density at radius 3 is 2.50 bits per heavy atom. The van der Waals surface area contributed by atoms with Crippen LogP contribution >= 0.6 is 0 Å². The number of methoxy groups -OCH3 is 1. The van der Waals surface area contributed by atoms with Crippen LogP contribution in [0.25, 0.3) is 0 Å². The topological polar surface area (TPSA) is 44.7 Å². The van der Waals surface area contributed by atoms with E-state index in [1.165, 1.54) is 30.2 Å². The minimum Gasteiger partial charge on any atom is -0.504 e. The van der Waals surface area contributed by atoms with Gasteiger partial charge in [-0.25, -0.2) is 0 Å². The van der Waals surface area contributed by atoms with E-state index in [1.807, 2.05) is 0 Å². The van der Waals surface area contributed by atoms with Gasteiger partial charge in [0.05, 0.1) is 7.11 Å². The van der Waals surface area contributed by atoms with Gasteiger partial charge in [-0.2, -0.15) is 13.2 Å². The molecular weight excluding hydrogens is 273 g/mol. The van der Waals surface area contributed by atoms with E-state index >= 15 is 0 Å². The van der Waals surface area contributed by atoms with Gasteiger partial charge in [-0.3, -0.25) is 4.90 Å². The lowest BCUT2D eigenvalue weighted by molar-refractivity contribution is -0.187. The second kappa shape index (κ2) is 5.88. The quantitative estimate of drug-likeness (QED) is 0.892. The van der Waals surface area contributed by atoms with Crippen molar-refractivity contribution in [3.63, 3.8) is 0 Å². The molecule has 112 valence electrons. The van der Waals surface area contributed by atoms with Crippen LogP contribution in [0, 0.1) is 0 Å². The number of phenols is 1. The molecule has 1 aliphatic heterocycles. The predicted octanol–water partition coefficient (Wildman–Crippen LogP) is 1.91. The molecule has 0 saturated carbocycles. The highest BCUT2D eigenvalue weighted by Gasteiger charge is 2.45. The summed E-state index contributed by atoms with van der Waals surface area (Å²) in [5.41, 5.74) is 0.0778. The highest BCUT2D eigenvalue weighted by atomic mass is 19.4. The van der Waals surface area contributed by atoms with Gasteiger partial charge in [0, 0.05) is 26.2 Å². The van der Waals surface area contributed by atoms with E-state index in [1.54, 1.807) is 0 Å². The zero-order valence-electron chi connectivity index (χ0n) is 11.1. The molecule has 20 heavy (non-hydrogen) atoms. The molecule has 2 rings (SSSR count). The summed E-state index contributed by atoms with van der Waals surface area (Å²) >= 11 is 0. The van der Waals surface area contributed by atoms with Gasteiger partial charge < -0.3 is 15.2 Å². The number of hydrogen-bond acceptors (Lipinski definition) is 4. The number of aromatic hydroxyl groups is 1. The Bertz CT molecular complexity index is 459. The zero-order valence-corrected chi connectivity index (χ0v) is 11.1. The summed E-state index contributed by atoms with van der Waals surface area (Å²) in [6.45, 7) is 1.71. The van der Waals surface area contributed by atoms with Gasteiger partial charge in [-0.15, -0.1) is 0 Å². The van der Waals surface area contributed by atoms with Crippen molar-refractivity contribution in [3.8, 4) is 11.5 Å². The number of ether oxygens (including phenoxy) is 1. The number of nitrogens with one attached hydrogen (secondary N) is 1. The molecule has 0 spiro atoms. The van der Waals surface area contributed by atoms with Gasteiger partial charge in [0.15, 0.2) is 11.5 Å². The fourth-order valence-corrected chi connectivity index (χ4v) is 2.41. The third-order valence-corrected chi connectivity index (χ3v) is 3.35. The van der Waals surface area contributed by atoms with E-state index in [0.29, 0.717) is 26.2 Å². The fourth-order valence-electron chi connectivity index (χ4n) is 2.41. The average molecular weight is 290 g/mol. The first kappa shape index (κ1) is 14.9. The van der Waals surface area contributed by atoms with Crippen LogP contribution in [0.15, 0.2) is 18.2 Å². The second-order valence-corrected chi connectivity index (χ2v) is 4.66. The lowest BCUT2D eigenvalue weighted by Gasteiger charge is -2.36. The minimum absolute atomic E-state index is 0.0480. The van der Waals surface area contributed by atoms with Crippen molar-refractivity contribution in [1.82, 2.24) is 10.2 Å². The fraction of sp³-hybridized carbons (Fsp3) is 0.538. The Balaban J connectivity index is 2.35. The smallest absolute Gasteiger partial charge is 0.408 e. The maximum Gasteiger partial charge on any atom is 0.408 e. The van der Waals surface area contributed by atoms with E-state index in [2.05, 4.69) is 5.32 Å². The molecular formula is C13H17F3N2O2. The van der Waals surface area contributed by atoms with Crippen LogP contribution in [0.1, 0.15) is 11.6 Å². The van der Waals surface area contributed by atoms with Gasteiger partial charge in [0.25, 0.3) is 0 Å². The van der Waals surface area contributed by atoms with E-state index in [4.69, 9.17) is 4.74 Å². The molecule has 1 aliphatic rings. The molecule has 0 amide bonds. The number of piperazine rings is 1. The Hall–Kier alpha value is -1.47. The third kappa shape index (κ3) is 3.16. The van der Waals surface area contributed by atoms with Crippen molar-refractivity contribution in [1.29, 1.82) is 0 Å². The number of hydrogen-bond donors (Lipinski definition) is 2. The first-order chi connectivity index (χ1) is 9.43. The van der Waals surface area contributed by atoms with Crippen LogP contribution < -0.4 is 10.1 Å². The van der Waals surface area contributed by atoms with Crippen molar-refractivity contribution in [2.75, 3.05) is 33.3 Å². The number of rotatable bonds is 3. The molecule has 1 atom stereocenters. The summed E-state index contributed by atoms with van der Waals surface area (Å²) in [4.78, 5) is 1.39. The molecule has 2 N–H and O–H groups in total. The molecule has 4 nitrogen and oxygen atoms in total. The van der Waals surface area contributed by atoms with Gasteiger partial charge in [-0.1, -0.05) is 6.07 Å². The maximum atomic E-state index is 13.4. The molecule has 1 fully saturated rings. The Morgan fingerprint density at radius 1 is 1.30 bits per heavy atom. The maximum absolute atomic E-state index is 13.4. The standard InChI is InChI=1S/C13H17F3N2O2/c1-20-11-8-9(2-3-10(11)19)12(13(14,15)16)18-6-4-17-5-7-18/h2-3,8,12,17,19H,4-7H2,1H3/t12-/m1/s1. The van der Waals surface area contributed by atoms with E-state index in [-0.39, 0.29) is 17.1 Å². The van der Waals surface area contributed by atoms with Gasteiger partial charge in [-0.05, 0) is 17.7 Å². The normalized spacial score (nSPS) is 18.8. The summed E-state index contributed by atoms with van der Waals surface area (Å²) in [6.07, 6.45) is -4.38.